The molecule has 1 aliphatic rings. The van der Waals surface area contributed by atoms with E-state index in [2.05, 4.69) is 10.3 Å². The van der Waals surface area contributed by atoms with Crippen LogP contribution in [0.25, 0.3) is 0 Å². The molecule has 0 unspecified atom stereocenters. The van der Waals surface area contributed by atoms with E-state index in [0.717, 1.165) is 17.0 Å². The molecule has 2 atom stereocenters. The van der Waals surface area contributed by atoms with Crippen molar-refractivity contribution in [3.05, 3.63) is 53.6 Å². The minimum Gasteiger partial charge on any atom is -0.350 e. The van der Waals surface area contributed by atoms with Gasteiger partial charge < -0.3 is 14.8 Å². The normalized spacial score (nSPS) is 20.5. The number of aryl methyl sites for hydroxylation is 1. The Labute approximate surface area is 141 Å². The second-order valence-corrected chi connectivity index (χ2v) is 6.29. The largest absolute Gasteiger partial charge is 0.350 e. The maximum absolute atomic E-state index is 12.7. The van der Waals surface area contributed by atoms with Gasteiger partial charge in [0.25, 0.3) is 0 Å². The highest BCUT2D eigenvalue weighted by Crippen LogP contribution is 2.36. The first-order valence-corrected chi connectivity index (χ1v) is 8.03. The van der Waals surface area contributed by atoms with Gasteiger partial charge in [0.2, 0.25) is 11.8 Å². The molecule has 6 heteroatoms. The molecule has 2 amide bonds. The number of nitrogens with one attached hydrogen (secondary N) is 1. The summed E-state index contributed by atoms with van der Waals surface area (Å²) in [7, 11) is 3.72. The van der Waals surface area contributed by atoms with E-state index in [4.69, 9.17) is 0 Å². The van der Waals surface area contributed by atoms with Crippen LogP contribution in [0.2, 0.25) is 0 Å². The Hall–Kier alpha value is -2.63. The molecular weight excluding hydrogens is 304 g/mol. The lowest BCUT2D eigenvalue weighted by Gasteiger charge is -2.24. The number of nitrogens with zero attached hydrogens (tertiary/aromatic N) is 3. The summed E-state index contributed by atoms with van der Waals surface area (Å²) >= 11 is 0. The lowest BCUT2D eigenvalue weighted by molar-refractivity contribution is -0.128. The highest BCUT2D eigenvalue weighted by atomic mass is 16.2. The van der Waals surface area contributed by atoms with Crippen LogP contribution in [-0.4, -0.2) is 33.3 Å². The Bertz CT molecular complexity index is 754. The molecule has 0 aliphatic carbocycles. The number of likely N-dealkylation sites (tertiary alicyclic amines) is 1. The van der Waals surface area contributed by atoms with Crippen LogP contribution in [-0.2, 0) is 23.2 Å². The third kappa shape index (κ3) is 2.91. The average Bonchev–Trinajstić information content (AvgIpc) is 3.07. The van der Waals surface area contributed by atoms with E-state index >= 15 is 0 Å². The number of hydrogen-bond acceptors (Lipinski definition) is 3. The summed E-state index contributed by atoms with van der Waals surface area (Å²) in [4.78, 5) is 30.6. The van der Waals surface area contributed by atoms with E-state index in [1.165, 1.54) is 0 Å². The molecule has 2 aromatic rings. The van der Waals surface area contributed by atoms with Gasteiger partial charge in [0.15, 0.2) is 0 Å². The Kier molecular flexibility index (Phi) is 4.38. The highest BCUT2D eigenvalue weighted by molar-refractivity contribution is 5.90. The van der Waals surface area contributed by atoms with Crippen LogP contribution < -0.4 is 5.32 Å². The molecule has 1 aliphatic heterocycles. The maximum atomic E-state index is 12.7. The van der Waals surface area contributed by atoms with Gasteiger partial charge in [-0.25, -0.2) is 0 Å². The quantitative estimate of drug-likeness (QED) is 0.927. The fourth-order valence-electron chi connectivity index (χ4n) is 3.26. The van der Waals surface area contributed by atoms with Gasteiger partial charge in [-0.3, -0.25) is 14.6 Å². The fourth-order valence-corrected chi connectivity index (χ4v) is 3.26. The molecule has 1 N–H and O–H groups in total. The first-order chi connectivity index (χ1) is 11.5. The summed E-state index contributed by atoms with van der Waals surface area (Å²) in [5.41, 5.74) is 3.07. The molecule has 0 radical (unpaired) electrons. The van der Waals surface area contributed by atoms with Gasteiger partial charge in [-0.15, -0.1) is 0 Å². The second kappa shape index (κ2) is 6.47. The lowest BCUT2D eigenvalue weighted by Crippen LogP contribution is -2.34. The molecule has 24 heavy (non-hydrogen) atoms. The summed E-state index contributed by atoms with van der Waals surface area (Å²) < 4.78 is 2.05. The zero-order chi connectivity index (χ0) is 17.3. The summed E-state index contributed by atoms with van der Waals surface area (Å²) in [5, 5.41) is 2.98. The smallest absolute Gasteiger partial charge is 0.226 e. The minimum absolute atomic E-state index is 0.0151. The molecular formula is C18H22N4O2. The van der Waals surface area contributed by atoms with Crippen molar-refractivity contribution >= 4 is 11.8 Å². The highest BCUT2D eigenvalue weighted by Gasteiger charge is 2.42. The summed E-state index contributed by atoms with van der Waals surface area (Å²) in [6.07, 6.45) is 3.64. The van der Waals surface area contributed by atoms with Crippen LogP contribution >= 0.6 is 0 Å². The van der Waals surface area contributed by atoms with Gasteiger partial charge in [-0.2, -0.15) is 0 Å². The van der Waals surface area contributed by atoms with Crippen LogP contribution in [0.3, 0.4) is 0 Å². The summed E-state index contributed by atoms with van der Waals surface area (Å²) in [5.74, 6) is -0.507. The van der Waals surface area contributed by atoms with Crippen molar-refractivity contribution in [2.24, 2.45) is 13.0 Å². The van der Waals surface area contributed by atoms with Crippen LogP contribution in [0.4, 0.5) is 0 Å². The number of amides is 2. The van der Waals surface area contributed by atoms with Crippen molar-refractivity contribution in [2.45, 2.75) is 25.9 Å². The first-order valence-electron chi connectivity index (χ1n) is 8.03. The SMILES string of the molecule is Cc1ccc(CNC(=O)[C@@H]2CC(=O)N(C)[C@H]2c2cccnc2)n1C. The van der Waals surface area contributed by atoms with E-state index in [9.17, 15) is 9.59 Å². The standard InChI is InChI=1S/C18H22N4O2/c1-12-6-7-14(21(12)2)11-20-18(24)15-9-16(23)22(3)17(15)13-5-4-8-19-10-13/h4-8,10,15,17H,9,11H2,1-3H3,(H,20,24)/t15-,17+/m1/s1. The first kappa shape index (κ1) is 16.2. The van der Waals surface area contributed by atoms with E-state index in [1.54, 1.807) is 24.3 Å². The predicted octanol–water partition coefficient (Wildman–Crippen LogP) is 1.56. The molecule has 0 spiro atoms. The van der Waals surface area contributed by atoms with Gasteiger partial charge in [-0.05, 0) is 30.7 Å². The second-order valence-electron chi connectivity index (χ2n) is 6.29. The molecule has 1 fully saturated rings. The summed E-state index contributed by atoms with van der Waals surface area (Å²) in [6, 6.07) is 7.50. The monoisotopic (exact) mass is 326 g/mol. The van der Waals surface area contributed by atoms with Crippen molar-refractivity contribution in [2.75, 3.05) is 7.05 Å². The topological polar surface area (TPSA) is 67.2 Å². The number of hydrogen-bond donors (Lipinski definition) is 1. The molecule has 126 valence electrons. The Morgan fingerprint density at radius 2 is 2.12 bits per heavy atom. The van der Waals surface area contributed by atoms with Crippen LogP contribution in [0.1, 0.15) is 29.4 Å². The Balaban J connectivity index is 1.75. The van der Waals surface area contributed by atoms with Gasteiger partial charge in [0.1, 0.15) is 0 Å². The van der Waals surface area contributed by atoms with E-state index < -0.39 is 5.92 Å². The molecule has 3 rings (SSSR count). The Morgan fingerprint density at radius 3 is 2.75 bits per heavy atom. The number of rotatable bonds is 4. The average molecular weight is 326 g/mol. The van der Waals surface area contributed by atoms with Crippen molar-refractivity contribution in [1.82, 2.24) is 19.8 Å². The maximum Gasteiger partial charge on any atom is 0.226 e. The van der Waals surface area contributed by atoms with Crippen LogP contribution in [0.5, 0.6) is 0 Å². The zero-order valence-electron chi connectivity index (χ0n) is 14.2. The fraction of sp³-hybridized carbons (Fsp3) is 0.389. The molecule has 3 heterocycles. The van der Waals surface area contributed by atoms with Crippen molar-refractivity contribution in [3.63, 3.8) is 0 Å². The van der Waals surface area contributed by atoms with Gasteiger partial charge in [0.05, 0.1) is 18.5 Å². The number of aromatic nitrogens is 2. The third-order valence-electron chi connectivity index (χ3n) is 4.87. The van der Waals surface area contributed by atoms with Crippen LogP contribution in [0, 0.1) is 12.8 Å². The minimum atomic E-state index is -0.395. The van der Waals surface area contributed by atoms with E-state index in [-0.39, 0.29) is 24.3 Å². The predicted molar refractivity (Wildman–Crippen MR) is 89.9 cm³/mol. The van der Waals surface area contributed by atoms with E-state index in [1.807, 2.05) is 42.8 Å². The van der Waals surface area contributed by atoms with Crippen molar-refractivity contribution in [3.8, 4) is 0 Å². The Morgan fingerprint density at radius 1 is 1.33 bits per heavy atom. The van der Waals surface area contributed by atoms with Gasteiger partial charge in [0, 0.05) is 44.3 Å². The third-order valence-corrected chi connectivity index (χ3v) is 4.87. The number of carbonyl (C=O) groups excluding carboxylic acids is 2. The van der Waals surface area contributed by atoms with Crippen molar-refractivity contribution in [1.29, 1.82) is 0 Å². The van der Waals surface area contributed by atoms with Crippen LogP contribution in [0.15, 0.2) is 36.7 Å². The molecule has 0 bridgehead atoms. The molecule has 6 nitrogen and oxygen atoms in total. The number of pyridine rings is 1. The lowest BCUT2D eigenvalue weighted by atomic mass is 9.94. The molecule has 1 saturated heterocycles. The summed E-state index contributed by atoms with van der Waals surface area (Å²) in [6.45, 7) is 2.48. The zero-order valence-corrected chi connectivity index (χ0v) is 14.2. The molecule has 0 aromatic carbocycles. The molecule has 0 saturated carbocycles. The number of carbonyl (C=O) groups is 2. The van der Waals surface area contributed by atoms with Gasteiger partial charge in [-0.1, -0.05) is 6.07 Å². The van der Waals surface area contributed by atoms with Gasteiger partial charge >= 0.3 is 0 Å². The van der Waals surface area contributed by atoms with Crippen molar-refractivity contribution < 1.29 is 9.59 Å². The van der Waals surface area contributed by atoms with E-state index in [0.29, 0.717) is 6.54 Å². The molecule has 2 aromatic heterocycles.